The Bertz CT molecular complexity index is 852. The average molecular weight is 525 g/mol. The largest absolute Gasteiger partial charge is 0.495 e. The van der Waals surface area contributed by atoms with Crippen LogP contribution in [-0.2, 0) is 6.54 Å². The molecule has 1 fully saturated rings. The van der Waals surface area contributed by atoms with E-state index in [4.69, 9.17) is 9.73 Å². The van der Waals surface area contributed by atoms with Crippen molar-refractivity contribution in [2.75, 3.05) is 44.7 Å². The highest BCUT2D eigenvalue weighted by molar-refractivity contribution is 14.0. The number of hydrogen-bond donors (Lipinski definition) is 1. The molecule has 0 bridgehead atoms. The summed E-state index contributed by atoms with van der Waals surface area (Å²) in [5.74, 6) is 1.75. The molecule has 1 aliphatic heterocycles. The van der Waals surface area contributed by atoms with Gasteiger partial charge in [-0.05, 0) is 24.6 Å². The normalized spacial score (nSPS) is 14.1. The number of piperazine rings is 1. The van der Waals surface area contributed by atoms with E-state index in [9.17, 15) is 10.1 Å². The van der Waals surface area contributed by atoms with Gasteiger partial charge >= 0.3 is 0 Å². The number of hydrogen-bond acceptors (Lipinski definition) is 5. The van der Waals surface area contributed by atoms with E-state index in [1.54, 1.807) is 19.2 Å². The van der Waals surface area contributed by atoms with Crippen LogP contribution in [0.15, 0.2) is 53.5 Å². The lowest BCUT2D eigenvalue weighted by Crippen LogP contribution is -2.52. The van der Waals surface area contributed by atoms with Crippen LogP contribution in [0.25, 0.3) is 0 Å². The lowest BCUT2D eigenvalue weighted by Gasteiger charge is -2.38. The lowest BCUT2D eigenvalue weighted by atomic mass is 10.2. The molecule has 1 aliphatic rings. The van der Waals surface area contributed by atoms with E-state index in [1.807, 2.05) is 25.1 Å². The number of benzene rings is 2. The number of guanidine groups is 1. The molecule has 8 nitrogen and oxygen atoms in total. The molecule has 3 rings (SSSR count). The molecule has 1 heterocycles. The van der Waals surface area contributed by atoms with E-state index in [-0.39, 0.29) is 29.7 Å². The molecule has 1 saturated heterocycles. The fourth-order valence-electron chi connectivity index (χ4n) is 3.37. The van der Waals surface area contributed by atoms with Crippen molar-refractivity contribution < 1.29 is 9.66 Å². The molecule has 0 aliphatic carbocycles. The zero-order valence-electron chi connectivity index (χ0n) is 17.3. The minimum atomic E-state index is -0.391. The maximum atomic E-state index is 10.8. The van der Waals surface area contributed by atoms with Crippen LogP contribution in [0.2, 0.25) is 0 Å². The minimum Gasteiger partial charge on any atom is -0.495 e. The number of methoxy groups -OCH3 is 1. The number of non-ortho nitro benzene ring substituents is 1. The van der Waals surface area contributed by atoms with Crippen LogP contribution in [0.4, 0.5) is 11.4 Å². The highest BCUT2D eigenvalue weighted by atomic mass is 127. The van der Waals surface area contributed by atoms with E-state index in [0.717, 1.165) is 55.7 Å². The Labute approximate surface area is 194 Å². The molecule has 0 unspecified atom stereocenters. The van der Waals surface area contributed by atoms with Gasteiger partial charge in [0, 0.05) is 44.9 Å². The molecule has 0 amide bonds. The Balaban J connectivity index is 0.00000320. The Hall–Kier alpha value is -2.56. The summed E-state index contributed by atoms with van der Waals surface area (Å²) < 4.78 is 5.49. The zero-order chi connectivity index (χ0) is 20.6. The van der Waals surface area contributed by atoms with E-state index in [1.165, 1.54) is 12.1 Å². The molecular weight excluding hydrogens is 497 g/mol. The molecule has 0 spiro atoms. The first-order chi connectivity index (χ1) is 14.1. The molecule has 1 N–H and O–H groups in total. The quantitative estimate of drug-likeness (QED) is 0.205. The van der Waals surface area contributed by atoms with Gasteiger partial charge in [0.2, 0.25) is 0 Å². The summed E-state index contributed by atoms with van der Waals surface area (Å²) in [5, 5.41) is 14.1. The standard InChI is InChI=1S/C21H27N5O3.HI/c1-3-22-21(23-16-17-8-10-18(11-9-17)26(27)28)25-14-12-24(13-15-25)19-6-4-5-7-20(19)29-2;/h4-11H,3,12-16H2,1-2H3,(H,22,23);1H. The van der Waals surface area contributed by atoms with E-state index in [2.05, 4.69) is 21.2 Å². The number of halogens is 1. The van der Waals surface area contributed by atoms with Gasteiger partial charge < -0.3 is 19.9 Å². The first kappa shape index (κ1) is 23.7. The van der Waals surface area contributed by atoms with E-state index in [0.29, 0.717) is 6.54 Å². The summed E-state index contributed by atoms with van der Waals surface area (Å²) in [6.07, 6.45) is 0. The first-order valence-electron chi connectivity index (χ1n) is 9.77. The second-order valence-corrected chi connectivity index (χ2v) is 6.74. The van der Waals surface area contributed by atoms with Gasteiger partial charge in [-0.25, -0.2) is 4.99 Å². The Kier molecular flexibility index (Phi) is 9.15. The minimum absolute atomic E-state index is 0. The molecule has 2 aromatic carbocycles. The maximum Gasteiger partial charge on any atom is 0.269 e. The van der Waals surface area contributed by atoms with E-state index >= 15 is 0 Å². The zero-order valence-corrected chi connectivity index (χ0v) is 19.6. The lowest BCUT2D eigenvalue weighted by molar-refractivity contribution is -0.384. The number of para-hydroxylation sites is 2. The van der Waals surface area contributed by atoms with Crippen LogP contribution in [0.3, 0.4) is 0 Å². The molecule has 0 atom stereocenters. The fraction of sp³-hybridized carbons (Fsp3) is 0.381. The van der Waals surface area contributed by atoms with E-state index < -0.39 is 4.92 Å². The van der Waals surface area contributed by atoms with Crippen LogP contribution in [0.5, 0.6) is 5.75 Å². The molecule has 0 saturated carbocycles. The summed E-state index contributed by atoms with van der Waals surface area (Å²) in [6, 6.07) is 14.6. The highest BCUT2D eigenvalue weighted by Crippen LogP contribution is 2.28. The number of rotatable bonds is 6. The number of nitrogens with one attached hydrogen (secondary N) is 1. The van der Waals surface area contributed by atoms with Gasteiger partial charge in [0.05, 0.1) is 24.3 Å². The monoisotopic (exact) mass is 525 g/mol. The molecule has 0 aromatic heterocycles. The van der Waals surface area contributed by atoms with Crippen molar-refractivity contribution in [2.24, 2.45) is 4.99 Å². The molecule has 30 heavy (non-hydrogen) atoms. The van der Waals surface area contributed by atoms with Crippen LogP contribution in [0, 0.1) is 10.1 Å². The Morgan fingerprint density at radius 2 is 1.80 bits per heavy atom. The first-order valence-corrected chi connectivity index (χ1v) is 9.77. The third kappa shape index (κ3) is 5.97. The van der Waals surface area contributed by atoms with Gasteiger partial charge in [0.1, 0.15) is 5.75 Å². The fourth-order valence-corrected chi connectivity index (χ4v) is 3.37. The molecule has 2 aromatic rings. The van der Waals surface area contributed by atoms with Crippen molar-refractivity contribution in [3.8, 4) is 5.75 Å². The van der Waals surface area contributed by atoms with Crippen molar-refractivity contribution in [3.63, 3.8) is 0 Å². The number of ether oxygens (including phenoxy) is 1. The molecule has 162 valence electrons. The van der Waals surface area contributed by atoms with Crippen LogP contribution in [0.1, 0.15) is 12.5 Å². The highest BCUT2D eigenvalue weighted by Gasteiger charge is 2.21. The second kappa shape index (κ2) is 11.6. The summed E-state index contributed by atoms with van der Waals surface area (Å²) in [6.45, 7) is 6.77. The number of nitro benzene ring substituents is 1. The topological polar surface area (TPSA) is 83.2 Å². The number of nitrogens with zero attached hydrogens (tertiary/aromatic N) is 4. The average Bonchev–Trinajstić information content (AvgIpc) is 2.77. The van der Waals surface area contributed by atoms with Gasteiger partial charge in [-0.2, -0.15) is 0 Å². The molecule has 0 radical (unpaired) electrons. The summed E-state index contributed by atoms with van der Waals surface area (Å²) in [5.41, 5.74) is 2.15. The van der Waals surface area contributed by atoms with Crippen molar-refractivity contribution >= 4 is 41.3 Å². The number of nitro groups is 1. The van der Waals surface area contributed by atoms with Crippen LogP contribution in [-0.4, -0.2) is 55.6 Å². The molecule has 9 heteroatoms. The third-order valence-corrected chi connectivity index (χ3v) is 4.90. The van der Waals surface area contributed by atoms with Gasteiger partial charge in [0.15, 0.2) is 5.96 Å². The van der Waals surface area contributed by atoms with Crippen molar-refractivity contribution in [3.05, 3.63) is 64.2 Å². The summed E-state index contributed by atoms with van der Waals surface area (Å²) in [7, 11) is 1.70. The number of aliphatic imine (C=N–C) groups is 1. The third-order valence-electron chi connectivity index (χ3n) is 4.90. The SMILES string of the molecule is CCNC(=NCc1ccc([N+](=O)[O-])cc1)N1CCN(c2ccccc2OC)CC1.I. The summed E-state index contributed by atoms with van der Waals surface area (Å²) >= 11 is 0. The second-order valence-electron chi connectivity index (χ2n) is 6.74. The van der Waals surface area contributed by atoms with Gasteiger partial charge in [-0.15, -0.1) is 24.0 Å². The van der Waals surface area contributed by atoms with Gasteiger partial charge in [0.25, 0.3) is 5.69 Å². The predicted octanol–water partition coefficient (Wildman–Crippen LogP) is 3.51. The van der Waals surface area contributed by atoms with Crippen LogP contribution < -0.4 is 15.0 Å². The predicted molar refractivity (Wildman–Crippen MR) is 130 cm³/mol. The maximum absolute atomic E-state index is 10.8. The van der Waals surface area contributed by atoms with Crippen LogP contribution >= 0.6 is 24.0 Å². The van der Waals surface area contributed by atoms with Gasteiger partial charge in [-0.3, -0.25) is 10.1 Å². The van der Waals surface area contributed by atoms with Crippen molar-refractivity contribution in [2.45, 2.75) is 13.5 Å². The Morgan fingerprint density at radius 1 is 1.13 bits per heavy atom. The molecular formula is C21H28IN5O3. The summed E-state index contributed by atoms with van der Waals surface area (Å²) in [4.78, 5) is 19.7. The van der Waals surface area contributed by atoms with Crippen molar-refractivity contribution in [1.29, 1.82) is 0 Å². The van der Waals surface area contributed by atoms with Gasteiger partial charge in [-0.1, -0.05) is 24.3 Å². The van der Waals surface area contributed by atoms with Crippen molar-refractivity contribution in [1.82, 2.24) is 10.2 Å². The smallest absolute Gasteiger partial charge is 0.269 e. The number of anilines is 1. The Morgan fingerprint density at radius 3 is 2.40 bits per heavy atom.